The SMILES string of the molecule is O=C(C[C@H]1CCS(=O)(=O)C1)NNC(=O)c1cc2ccccc2oc1=O. The number of rotatable bonds is 3. The quantitative estimate of drug-likeness (QED) is 0.600. The molecule has 0 unspecified atom stereocenters. The zero-order chi connectivity index (χ0) is 18.0. The summed E-state index contributed by atoms with van der Waals surface area (Å²) in [5.74, 6) is -1.52. The molecule has 2 aromatic rings. The van der Waals surface area contributed by atoms with Gasteiger partial charge in [0.2, 0.25) is 5.91 Å². The molecule has 0 spiro atoms. The van der Waals surface area contributed by atoms with Gasteiger partial charge in [-0.2, -0.15) is 0 Å². The van der Waals surface area contributed by atoms with E-state index in [0.29, 0.717) is 17.4 Å². The number of hydrogen-bond donors (Lipinski definition) is 2. The second kappa shape index (κ2) is 6.67. The molecule has 2 amide bonds. The number of hydrazine groups is 1. The summed E-state index contributed by atoms with van der Waals surface area (Å²) in [6.07, 6.45) is 0.420. The molecule has 2 N–H and O–H groups in total. The average molecular weight is 364 g/mol. The van der Waals surface area contributed by atoms with Crippen LogP contribution in [0.5, 0.6) is 0 Å². The van der Waals surface area contributed by atoms with Crippen molar-refractivity contribution in [2.75, 3.05) is 11.5 Å². The monoisotopic (exact) mass is 364 g/mol. The zero-order valence-corrected chi connectivity index (χ0v) is 14.0. The molecule has 0 bridgehead atoms. The van der Waals surface area contributed by atoms with Crippen LogP contribution in [0.4, 0.5) is 0 Å². The van der Waals surface area contributed by atoms with Crippen LogP contribution >= 0.6 is 0 Å². The molecule has 1 aliphatic heterocycles. The van der Waals surface area contributed by atoms with Gasteiger partial charge in [-0.25, -0.2) is 13.2 Å². The molecule has 1 atom stereocenters. The number of carbonyl (C=O) groups excluding carboxylic acids is 2. The van der Waals surface area contributed by atoms with Crippen molar-refractivity contribution in [1.29, 1.82) is 0 Å². The number of fused-ring (bicyclic) bond motifs is 1. The molecule has 9 heteroatoms. The number of benzene rings is 1. The lowest BCUT2D eigenvalue weighted by molar-refractivity contribution is -0.122. The van der Waals surface area contributed by atoms with Crippen molar-refractivity contribution in [3.8, 4) is 0 Å². The molecule has 132 valence electrons. The molecule has 0 radical (unpaired) electrons. The van der Waals surface area contributed by atoms with Gasteiger partial charge in [0.05, 0.1) is 11.5 Å². The van der Waals surface area contributed by atoms with E-state index >= 15 is 0 Å². The summed E-state index contributed by atoms with van der Waals surface area (Å²) in [4.78, 5) is 35.8. The van der Waals surface area contributed by atoms with Gasteiger partial charge in [0, 0.05) is 11.8 Å². The summed E-state index contributed by atoms with van der Waals surface area (Å²) in [6, 6.07) is 8.12. The third-order valence-corrected chi connectivity index (χ3v) is 5.84. The van der Waals surface area contributed by atoms with Gasteiger partial charge in [0.25, 0.3) is 5.91 Å². The van der Waals surface area contributed by atoms with E-state index in [2.05, 4.69) is 10.9 Å². The van der Waals surface area contributed by atoms with E-state index in [1.54, 1.807) is 24.3 Å². The highest BCUT2D eigenvalue weighted by Crippen LogP contribution is 2.21. The topological polar surface area (TPSA) is 123 Å². The first-order valence-corrected chi connectivity index (χ1v) is 9.49. The van der Waals surface area contributed by atoms with E-state index in [1.165, 1.54) is 6.07 Å². The summed E-state index contributed by atoms with van der Waals surface area (Å²) in [6.45, 7) is 0. The maximum absolute atomic E-state index is 12.1. The number of nitrogens with one attached hydrogen (secondary N) is 2. The van der Waals surface area contributed by atoms with Crippen LogP contribution in [0.2, 0.25) is 0 Å². The molecule has 0 aliphatic carbocycles. The highest BCUT2D eigenvalue weighted by atomic mass is 32.2. The number of carbonyl (C=O) groups is 2. The summed E-state index contributed by atoms with van der Waals surface area (Å²) in [7, 11) is -3.06. The molecular weight excluding hydrogens is 348 g/mol. The second-order valence-electron chi connectivity index (χ2n) is 5.96. The van der Waals surface area contributed by atoms with Gasteiger partial charge in [-0.15, -0.1) is 0 Å². The summed E-state index contributed by atoms with van der Waals surface area (Å²) in [5.41, 5.74) is 3.66. The Balaban J connectivity index is 1.62. The highest BCUT2D eigenvalue weighted by Gasteiger charge is 2.29. The molecule has 1 saturated heterocycles. The fraction of sp³-hybridized carbons (Fsp3) is 0.312. The summed E-state index contributed by atoms with van der Waals surface area (Å²) in [5, 5.41) is 0.578. The van der Waals surface area contributed by atoms with Gasteiger partial charge in [-0.3, -0.25) is 20.4 Å². The number of hydrogen-bond acceptors (Lipinski definition) is 6. The van der Waals surface area contributed by atoms with Crippen molar-refractivity contribution in [2.45, 2.75) is 12.8 Å². The molecule has 1 aliphatic rings. The van der Waals surface area contributed by atoms with Crippen LogP contribution in [0.1, 0.15) is 23.2 Å². The standard InChI is InChI=1S/C16H16N2O6S/c19-14(7-10-5-6-25(22,23)9-10)17-18-15(20)12-8-11-3-1-2-4-13(11)24-16(12)21/h1-4,8,10H,5-7,9H2,(H,17,19)(H,18,20)/t10-/m1/s1. The van der Waals surface area contributed by atoms with E-state index in [-0.39, 0.29) is 29.4 Å². The van der Waals surface area contributed by atoms with E-state index in [0.717, 1.165) is 0 Å². The van der Waals surface area contributed by atoms with Crippen LogP contribution in [0.3, 0.4) is 0 Å². The third kappa shape index (κ3) is 4.05. The van der Waals surface area contributed by atoms with Crippen molar-refractivity contribution in [3.63, 3.8) is 0 Å². The Morgan fingerprint density at radius 2 is 1.96 bits per heavy atom. The minimum Gasteiger partial charge on any atom is -0.422 e. The van der Waals surface area contributed by atoms with Crippen LogP contribution in [-0.2, 0) is 14.6 Å². The third-order valence-electron chi connectivity index (χ3n) is 4.00. The molecule has 0 saturated carbocycles. The van der Waals surface area contributed by atoms with Crippen molar-refractivity contribution in [2.24, 2.45) is 5.92 Å². The highest BCUT2D eigenvalue weighted by molar-refractivity contribution is 7.91. The minimum absolute atomic E-state index is 0.00810. The molecular formula is C16H16N2O6S. The van der Waals surface area contributed by atoms with Gasteiger partial charge >= 0.3 is 5.63 Å². The van der Waals surface area contributed by atoms with Crippen LogP contribution in [0, 0.1) is 5.92 Å². The van der Waals surface area contributed by atoms with E-state index in [9.17, 15) is 22.8 Å². The lowest BCUT2D eigenvalue weighted by Crippen LogP contribution is -2.43. The van der Waals surface area contributed by atoms with E-state index in [4.69, 9.17) is 4.42 Å². The Hall–Kier alpha value is -2.68. The molecule has 1 aromatic heterocycles. The average Bonchev–Trinajstić information content (AvgIpc) is 2.90. The Bertz CT molecular complexity index is 995. The first kappa shape index (κ1) is 17.2. The molecule has 3 rings (SSSR count). The van der Waals surface area contributed by atoms with Gasteiger partial charge < -0.3 is 4.42 Å². The van der Waals surface area contributed by atoms with Crippen molar-refractivity contribution >= 4 is 32.6 Å². The maximum Gasteiger partial charge on any atom is 0.349 e. The molecule has 1 aromatic carbocycles. The molecule has 8 nitrogen and oxygen atoms in total. The van der Waals surface area contributed by atoms with E-state index in [1.807, 2.05) is 0 Å². The van der Waals surface area contributed by atoms with Crippen molar-refractivity contribution in [3.05, 3.63) is 46.3 Å². The van der Waals surface area contributed by atoms with Gasteiger partial charge in [-0.05, 0) is 24.5 Å². The fourth-order valence-electron chi connectivity index (χ4n) is 2.76. The predicted molar refractivity (Wildman–Crippen MR) is 89.5 cm³/mol. The summed E-state index contributed by atoms with van der Waals surface area (Å²) < 4.78 is 27.8. The smallest absolute Gasteiger partial charge is 0.349 e. The van der Waals surface area contributed by atoms with Gasteiger partial charge in [-0.1, -0.05) is 18.2 Å². The first-order valence-electron chi connectivity index (χ1n) is 7.66. The van der Waals surface area contributed by atoms with Gasteiger partial charge in [0.15, 0.2) is 9.84 Å². The predicted octanol–water partition coefficient (Wildman–Crippen LogP) is 0.379. The number of amides is 2. The Morgan fingerprint density at radius 3 is 2.68 bits per heavy atom. The van der Waals surface area contributed by atoms with Crippen LogP contribution in [-0.4, -0.2) is 31.7 Å². The number of sulfone groups is 1. The van der Waals surface area contributed by atoms with Gasteiger partial charge in [0.1, 0.15) is 11.1 Å². The largest absolute Gasteiger partial charge is 0.422 e. The van der Waals surface area contributed by atoms with Crippen molar-refractivity contribution < 1.29 is 22.4 Å². The fourth-order valence-corrected chi connectivity index (χ4v) is 4.62. The lowest BCUT2D eigenvalue weighted by atomic mass is 10.1. The van der Waals surface area contributed by atoms with Crippen molar-refractivity contribution in [1.82, 2.24) is 10.9 Å². The zero-order valence-electron chi connectivity index (χ0n) is 13.2. The first-order chi connectivity index (χ1) is 11.8. The maximum atomic E-state index is 12.1. The Morgan fingerprint density at radius 1 is 1.20 bits per heavy atom. The molecule has 2 heterocycles. The molecule has 25 heavy (non-hydrogen) atoms. The van der Waals surface area contributed by atoms with Crippen LogP contribution < -0.4 is 16.5 Å². The second-order valence-corrected chi connectivity index (χ2v) is 8.19. The van der Waals surface area contributed by atoms with E-state index < -0.39 is 27.3 Å². The minimum atomic E-state index is -3.06. The van der Waals surface area contributed by atoms with Crippen LogP contribution in [0.25, 0.3) is 11.0 Å². The van der Waals surface area contributed by atoms with Crippen LogP contribution in [0.15, 0.2) is 39.5 Å². The lowest BCUT2D eigenvalue weighted by Gasteiger charge is -2.09. The Labute approximate surface area is 143 Å². The molecule has 1 fully saturated rings. The number of para-hydroxylation sites is 1. The normalized spacial score (nSPS) is 18.8. The Kier molecular flexibility index (Phi) is 4.58. The summed E-state index contributed by atoms with van der Waals surface area (Å²) >= 11 is 0.